The molecule has 0 spiro atoms. The zero-order valence-electron chi connectivity index (χ0n) is 21.5. The van der Waals surface area contributed by atoms with Crippen molar-refractivity contribution in [1.82, 2.24) is 5.32 Å². The van der Waals surface area contributed by atoms with E-state index < -0.39 is 25.1 Å². The summed E-state index contributed by atoms with van der Waals surface area (Å²) in [4.78, 5) is 11.1. The quantitative estimate of drug-likeness (QED) is 0.138. The molecular formula is C23H42F3NO4S2Si. The Hall–Kier alpha value is 0.0569. The number of carbonyl (C=O) groups is 1. The molecule has 1 heterocycles. The molecule has 0 aromatic rings. The van der Waals surface area contributed by atoms with Gasteiger partial charge in [-0.3, -0.25) is 4.79 Å². The Kier molecular flexibility index (Phi) is 10.7. The third-order valence-corrected chi connectivity index (χ3v) is 14.6. The maximum Gasteiger partial charge on any atom is 0.471 e. The molecular weight excluding hydrogens is 503 g/mol. The lowest BCUT2D eigenvalue weighted by molar-refractivity contribution is -0.173. The van der Waals surface area contributed by atoms with Gasteiger partial charge < -0.3 is 19.2 Å². The molecule has 2 rings (SSSR count). The summed E-state index contributed by atoms with van der Waals surface area (Å²) in [5.41, 5.74) is 0. The molecule has 1 saturated carbocycles. The van der Waals surface area contributed by atoms with Crippen molar-refractivity contribution in [3.63, 3.8) is 0 Å². The van der Waals surface area contributed by atoms with Gasteiger partial charge in [0.2, 0.25) is 0 Å². The van der Waals surface area contributed by atoms with Gasteiger partial charge in [-0.1, -0.05) is 55.2 Å². The average molecular weight is 546 g/mol. The lowest BCUT2D eigenvalue weighted by Gasteiger charge is -2.37. The van der Waals surface area contributed by atoms with Crippen LogP contribution in [0.25, 0.3) is 0 Å². The SMILES string of the molecule is CC(C)(CNC(=O)C(F)(F)F)SSCOC1C[C@H](C2CCCC2)O[C@@H]1CO[Si](C)(C)C(C)(C)C. The molecule has 5 nitrogen and oxygen atoms in total. The first kappa shape index (κ1) is 30.3. The highest BCUT2D eigenvalue weighted by atomic mass is 33.1. The maximum absolute atomic E-state index is 12.4. The number of hydrogen-bond acceptors (Lipinski definition) is 6. The molecule has 1 unspecified atom stereocenters. The molecule has 0 aromatic carbocycles. The average Bonchev–Trinajstić information content (AvgIpc) is 3.36. The van der Waals surface area contributed by atoms with E-state index in [-0.39, 0.29) is 29.9 Å². The first-order valence-corrected chi connectivity index (χ1v) is 17.3. The molecule has 2 aliphatic rings. The van der Waals surface area contributed by atoms with Crippen molar-refractivity contribution in [2.24, 2.45) is 5.92 Å². The monoisotopic (exact) mass is 545 g/mol. The number of alkyl halides is 3. The van der Waals surface area contributed by atoms with Crippen LogP contribution in [0, 0.1) is 5.92 Å². The Morgan fingerprint density at radius 3 is 2.29 bits per heavy atom. The van der Waals surface area contributed by atoms with Gasteiger partial charge in [-0.15, -0.1) is 0 Å². The van der Waals surface area contributed by atoms with E-state index >= 15 is 0 Å². The lowest BCUT2D eigenvalue weighted by Crippen LogP contribution is -2.44. The van der Waals surface area contributed by atoms with E-state index in [0.717, 1.165) is 6.42 Å². The van der Waals surface area contributed by atoms with Gasteiger partial charge in [0.05, 0.1) is 18.8 Å². The standard InChI is InChI=1S/C23H42F3NO4S2Si/c1-21(2,3)34(6,7)30-13-19-18(12-17(31-19)16-10-8-9-11-16)29-15-32-33-22(4,5)14-27-20(28)23(24,25)26/h16-19H,8-15H2,1-7H3,(H,27,28)/t17-,18?,19-/m1/s1. The largest absolute Gasteiger partial charge is 0.471 e. The van der Waals surface area contributed by atoms with Crippen LogP contribution in [0.1, 0.15) is 66.7 Å². The molecule has 0 radical (unpaired) electrons. The van der Waals surface area contributed by atoms with Gasteiger partial charge in [-0.25, -0.2) is 0 Å². The second-order valence-electron chi connectivity index (χ2n) is 11.5. The minimum Gasteiger partial charge on any atom is -0.414 e. The smallest absolute Gasteiger partial charge is 0.414 e. The molecule has 1 amide bonds. The van der Waals surface area contributed by atoms with Gasteiger partial charge >= 0.3 is 12.1 Å². The van der Waals surface area contributed by atoms with Crippen LogP contribution < -0.4 is 5.32 Å². The Morgan fingerprint density at radius 1 is 1.12 bits per heavy atom. The number of halogens is 3. The highest BCUT2D eigenvalue weighted by Crippen LogP contribution is 2.41. The predicted molar refractivity (Wildman–Crippen MR) is 136 cm³/mol. The van der Waals surface area contributed by atoms with Crippen LogP contribution in [0.2, 0.25) is 18.1 Å². The van der Waals surface area contributed by atoms with Crippen molar-refractivity contribution in [2.75, 3.05) is 19.1 Å². The highest BCUT2D eigenvalue weighted by Gasteiger charge is 2.44. The third kappa shape index (κ3) is 9.17. The maximum atomic E-state index is 12.4. The first-order chi connectivity index (χ1) is 15.5. The zero-order chi connectivity index (χ0) is 25.8. The molecule has 3 atom stereocenters. The van der Waals surface area contributed by atoms with Gasteiger partial charge in [0, 0.05) is 17.7 Å². The van der Waals surface area contributed by atoms with Crippen LogP contribution in [-0.4, -0.2) is 62.6 Å². The molecule has 11 heteroatoms. The summed E-state index contributed by atoms with van der Waals surface area (Å²) < 4.78 is 55.8. The zero-order valence-corrected chi connectivity index (χ0v) is 24.2. The fourth-order valence-corrected chi connectivity index (χ4v) is 7.12. The topological polar surface area (TPSA) is 56.8 Å². The Balaban J connectivity index is 1.85. The number of hydrogen-bond donors (Lipinski definition) is 1. The predicted octanol–water partition coefficient (Wildman–Crippen LogP) is 6.54. The molecule has 34 heavy (non-hydrogen) atoms. The van der Waals surface area contributed by atoms with Gasteiger partial charge in [-0.2, -0.15) is 13.2 Å². The number of amides is 1. The number of carbonyl (C=O) groups excluding carboxylic acids is 1. The summed E-state index contributed by atoms with van der Waals surface area (Å²) in [6, 6.07) is 0. The minimum absolute atomic E-state index is 0.0588. The Bertz CT molecular complexity index is 668. The van der Waals surface area contributed by atoms with Gasteiger partial charge in [0.1, 0.15) is 12.0 Å². The van der Waals surface area contributed by atoms with E-state index in [0.29, 0.717) is 18.5 Å². The molecule has 2 fully saturated rings. The van der Waals surface area contributed by atoms with Crippen molar-refractivity contribution in [2.45, 2.75) is 114 Å². The third-order valence-electron chi connectivity index (χ3n) is 7.12. The molecule has 200 valence electrons. The van der Waals surface area contributed by atoms with E-state index in [2.05, 4.69) is 33.9 Å². The minimum atomic E-state index is -4.86. The van der Waals surface area contributed by atoms with Crippen LogP contribution >= 0.6 is 21.6 Å². The fraction of sp³-hybridized carbons (Fsp3) is 0.957. The van der Waals surface area contributed by atoms with Gasteiger partial charge in [-0.05, 0) is 50.7 Å². The molecule has 0 bridgehead atoms. The molecule has 1 aliphatic carbocycles. The van der Waals surface area contributed by atoms with Crippen LogP contribution in [0.3, 0.4) is 0 Å². The Labute approximate surface area is 211 Å². The fourth-order valence-electron chi connectivity index (χ4n) is 3.93. The van der Waals surface area contributed by atoms with Crippen LogP contribution in [0.5, 0.6) is 0 Å². The molecule has 0 aromatic heterocycles. The second kappa shape index (κ2) is 12.1. The van der Waals surface area contributed by atoms with E-state index in [9.17, 15) is 18.0 Å². The molecule has 1 aliphatic heterocycles. The van der Waals surface area contributed by atoms with E-state index in [1.54, 1.807) is 13.8 Å². The van der Waals surface area contributed by atoms with Crippen molar-refractivity contribution >= 4 is 35.8 Å². The van der Waals surface area contributed by atoms with Crippen LogP contribution in [0.4, 0.5) is 13.2 Å². The van der Waals surface area contributed by atoms with E-state index in [4.69, 9.17) is 13.9 Å². The summed E-state index contributed by atoms with van der Waals surface area (Å²) in [6.45, 7) is 15.2. The lowest BCUT2D eigenvalue weighted by atomic mass is 9.97. The summed E-state index contributed by atoms with van der Waals surface area (Å²) in [7, 11) is 0.941. The van der Waals surface area contributed by atoms with E-state index in [1.807, 2.05) is 5.32 Å². The molecule has 1 N–H and O–H groups in total. The van der Waals surface area contributed by atoms with Crippen molar-refractivity contribution in [3.8, 4) is 0 Å². The number of ether oxygens (including phenoxy) is 2. The van der Waals surface area contributed by atoms with E-state index in [1.165, 1.54) is 47.3 Å². The molecule has 1 saturated heterocycles. The summed E-state index contributed by atoms with van der Waals surface area (Å²) in [5, 5.41) is 2.08. The number of rotatable bonds is 11. The van der Waals surface area contributed by atoms with Crippen molar-refractivity contribution < 1.29 is 31.9 Å². The number of nitrogens with one attached hydrogen (secondary N) is 1. The van der Waals surface area contributed by atoms with Gasteiger partial charge in [0.15, 0.2) is 8.32 Å². The summed E-state index contributed by atoms with van der Waals surface area (Å²) in [6.07, 6.45) is 0.948. The second-order valence-corrected chi connectivity index (χ2v) is 19.3. The summed E-state index contributed by atoms with van der Waals surface area (Å²) >= 11 is 0. The Morgan fingerprint density at radius 2 is 1.74 bits per heavy atom. The normalized spacial score (nSPS) is 25.2. The summed E-state index contributed by atoms with van der Waals surface area (Å²) in [5.74, 6) is -0.932. The highest BCUT2D eigenvalue weighted by molar-refractivity contribution is 8.77. The van der Waals surface area contributed by atoms with Crippen LogP contribution in [0.15, 0.2) is 0 Å². The van der Waals surface area contributed by atoms with Crippen molar-refractivity contribution in [1.29, 1.82) is 0 Å². The van der Waals surface area contributed by atoms with Crippen molar-refractivity contribution in [3.05, 3.63) is 0 Å². The van der Waals surface area contributed by atoms with Gasteiger partial charge in [0.25, 0.3) is 0 Å². The van der Waals surface area contributed by atoms with Crippen LogP contribution in [-0.2, 0) is 18.7 Å². The first-order valence-electron chi connectivity index (χ1n) is 12.1.